The smallest absolute Gasteiger partial charge is 0.412 e. The Morgan fingerprint density at radius 3 is 2.63 bits per heavy atom. The van der Waals surface area contributed by atoms with Gasteiger partial charge in [0.15, 0.2) is 0 Å². The van der Waals surface area contributed by atoms with Crippen molar-refractivity contribution in [3.05, 3.63) is 60.4 Å². The average molecular weight is 419 g/mol. The molecule has 3 N–H and O–H groups in total. The molecule has 0 aliphatic rings. The fourth-order valence-electron chi connectivity index (χ4n) is 3.19. The highest BCUT2D eigenvalue weighted by molar-refractivity contribution is 7.18. The number of amides is 1. The van der Waals surface area contributed by atoms with Crippen molar-refractivity contribution in [2.75, 3.05) is 11.1 Å². The number of hydrogen-bond acceptors (Lipinski definition) is 6. The normalized spacial score (nSPS) is 11.4. The molecule has 6 nitrogen and oxygen atoms in total. The van der Waals surface area contributed by atoms with Gasteiger partial charge in [0.2, 0.25) is 0 Å². The minimum absolute atomic E-state index is 0.472. The minimum atomic E-state index is -0.561. The number of nitrogens with zero attached hydrogens (tertiary/aromatic N) is 2. The van der Waals surface area contributed by atoms with E-state index in [2.05, 4.69) is 20.7 Å². The Kier molecular flexibility index (Phi) is 5.13. The zero-order valence-corrected chi connectivity index (χ0v) is 17.8. The highest BCUT2D eigenvalue weighted by Gasteiger charge is 2.18. The molecule has 0 spiro atoms. The molecule has 3 aromatic heterocycles. The van der Waals surface area contributed by atoms with Gasteiger partial charge in [0.25, 0.3) is 0 Å². The van der Waals surface area contributed by atoms with Crippen molar-refractivity contribution in [1.82, 2.24) is 9.97 Å². The zero-order valence-electron chi connectivity index (χ0n) is 17.0. The Hall–Kier alpha value is -3.45. The number of nitrogens with two attached hydrogens (primary N) is 1. The lowest BCUT2D eigenvalue weighted by Gasteiger charge is -2.19. The van der Waals surface area contributed by atoms with Crippen molar-refractivity contribution in [2.45, 2.75) is 26.4 Å². The lowest BCUT2D eigenvalue weighted by atomic mass is 10.0. The van der Waals surface area contributed by atoms with Crippen LogP contribution >= 0.6 is 11.3 Å². The van der Waals surface area contributed by atoms with Gasteiger partial charge in [0, 0.05) is 51.1 Å². The number of rotatable bonds is 3. The number of carbonyl (C=O) groups excluding carboxylic acids is 1. The summed E-state index contributed by atoms with van der Waals surface area (Å²) in [6.07, 6.45) is 4.86. The highest BCUT2D eigenvalue weighted by atomic mass is 32.1. The summed E-state index contributed by atoms with van der Waals surface area (Å²) in [5.41, 5.74) is 10.2. The molecule has 0 saturated carbocycles. The Labute approximate surface area is 178 Å². The summed E-state index contributed by atoms with van der Waals surface area (Å²) in [6.45, 7) is 5.49. The molecule has 0 aliphatic carbocycles. The van der Waals surface area contributed by atoms with Crippen LogP contribution in [0.2, 0.25) is 0 Å². The van der Waals surface area contributed by atoms with Crippen LogP contribution < -0.4 is 11.1 Å². The Morgan fingerprint density at radius 2 is 1.90 bits per heavy atom. The van der Waals surface area contributed by atoms with E-state index in [-0.39, 0.29) is 0 Å². The SMILES string of the molecule is CC(C)(C)OC(=O)Nc1cccc(-c2csc3c(-c4cccnc4)cnc(N)c23)c1. The molecule has 3 heterocycles. The fourth-order valence-corrected chi connectivity index (χ4v) is 4.31. The van der Waals surface area contributed by atoms with Gasteiger partial charge in [0.1, 0.15) is 11.4 Å². The van der Waals surface area contributed by atoms with Crippen molar-refractivity contribution in [2.24, 2.45) is 0 Å². The van der Waals surface area contributed by atoms with Gasteiger partial charge >= 0.3 is 6.09 Å². The van der Waals surface area contributed by atoms with Crippen LogP contribution in [0.25, 0.3) is 32.3 Å². The van der Waals surface area contributed by atoms with Gasteiger partial charge in [-0.05, 0) is 49.9 Å². The summed E-state index contributed by atoms with van der Waals surface area (Å²) in [6, 6.07) is 11.5. The molecule has 0 fully saturated rings. The molecule has 0 atom stereocenters. The topological polar surface area (TPSA) is 90.1 Å². The van der Waals surface area contributed by atoms with Gasteiger partial charge < -0.3 is 10.5 Å². The molecule has 0 radical (unpaired) electrons. The van der Waals surface area contributed by atoms with Crippen LogP contribution in [-0.4, -0.2) is 21.7 Å². The average Bonchev–Trinajstić information content (AvgIpc) is 3.14. The number of nitrogen functional groups attached to an aromatic ring is 1. The number of hydrogen-bond donors (Lipinski definition) is 2. The number of ether oxygens (including phenoxy) is 1. The highest BCUT2D eigenvalue weighted by Crippen LogP contribution is 2.41. The van der Waals surface area contributed by atoms with Gasteiger partial charge in [0.05, 0.1) is 0 Å². The first kappa shape index (κ1) is 19.8. The monoisotopic (exact) mass is 418 g/mol. The van der Waals surface area contributed by atoms with Crippen LogP contribution in [0.5, 0.6) is 0 Å². The van der Waals surface area contributed by atoms with Crippen LogP contribution in [0.15, 0.2) is 60.4 Å². The Bertz CT molecular complexity index is 1210. The minimum Gasteiger partial charge on any atom is -0.444 e. The van der Waals surface area contributed by atoms with E-state index in [1.807, 2.05) is 63.4 Å². The van der Waals surface area contributed by atoms with Crippen LogP contribution in [0.1, 0.15) is 20.8 Å². The molecule has 30 heavy (non-hydrogen) atoms. The first-order chi connectivity index (χ1) is 14.3. The first-order valence-electron chi connectivity index (χ1n) is 9.48. The summed E-state index contributed by atoms with van der Waals surface area (Å²) in [5.74, 6) is 0.472. The third kappa shape index (κ3) is 4.11. The van der Waals surface area contributed by atoms with E-state index in [0.29, 0.717) is 11.5 Å². The predicted molar refractivity (Wildman–Crippen MR) is 123 cm³/mol. The number of fused-ring (bicyclic) bond motifs is 1. The largest absolute Gasteiger partial charge is 0.444 e. The molecule has 0 unspecified atom stereocenters. The van der Waals surface area contributed by atoms with Gasteiger partial charge in [-0.25, -0.2) is 9.78 Å². The molecule has 4 aromatic rings. The van der Waals surface area contributed by atoms with Gasteiger partial charge in [-0.2, -0.15) is 0 Å². The number of anilines is 2. The predicted octanol–water partition coefficient (Wildman–Crippen LogP) is 5.95. The van der Waals surface area contributed by atoms with E-state index in [4.69, 9.17) is 10.5 Å². The van der Waals surface area contributed by atoms with Crippen LogP contribution in [-0.2, 0) is 4.74 Å². The second-order valence-electron chi connectivity index (χ2n) is 7.86. The third-order valence-electron chi connectivity index (χ3n) is 4.42. The Morgan fingerprint density at radius 1 is 1.10 bits per heavy atom. The molecule has 1 aromatic carbocycles. The molecular weight excluding hydrogens is 396 g/mol. The molecule has 0 saturated heterocycles. The Balaban J connectivity index is 1.73. The molecule has 4 rings (SSSR count). The third-order valence-corrected chi connectivity index (χ3v) is 5.43. The molecule has 1 amide bonds. The van der Waals surface area contributed by atoms with E-state index in [1.54, 1.807) is 23.7 Å². The second-order valence-corrected chi connectivity index (χ2v) is 8.74. The summed E-state index contributed by atoms with van der Waals surface area (Å²) in [5, 5.41) is 5.75. The van der Waals surface area contributed by atoms with Gasteiger partial charge in [-0.15, -0.1) is 11.3 Å². The van der Waals surface area contributed by atoms with Gasteiger partial charge in [-0.3, -0.25) is 10.3 Å². The first-order valence-corrected chi connectivity index (χ1v) is 10.4. The summed E-state index contributed by atoms with van der Waals surface area (Å²) >= 11 is 1.61. The number of pyridine rings is 2. The summed E-state index contributed by atoms with van der Waals surface area (Å²) < 4.78 is 6.39. The lowest BCUT2D eigenvalue weighted by molar-refractivity contribution is 0.0636. The quantitative estimate of drug-likeness (QED) is 0.429. The fraction of sp³-hybridized carbons (Fsp3) is 0.174. The van der Waals surface area contributed by atoms with Crippen molar-refractivity contribution in [1.29, 1.82) is 0 Å². The number of aromatic nitrogens is 2. The molecule has 0 aliphatic heterocycles. The lowest BCUT2D eigenvalue weighted by Crippen LogP contribution is -2.27. The maximum absolute atomic E-state index is 12.1. The van der Waals surface area contributed by atoms with Crippen LogP contribution in [0, 0.1) is 0 Å². The standard InChI is InChI=1S/C23H22N4O2S/c1-23(2,3)29-22(28)27-16-8-4-6-14(10-16)18-13-30-20-17(12-26-21(24)19(18)20)15-7-5-9-25-11-15/h4-13H,1-3H3,(H2,24,26)(H,27,28). The van der Waals surface area contributed by atoms with E-state index >= 15 is 0 Å². The summed E-state index contributed by atoms with van der Waals surface area (Å²) in [4.78, 5) is 20.8. The zero-order chi connectivity index (χ0) is 21.3. The summed E-state index contributed by atoms with van der Waals surface area (Å²) in [7, 11) is 0. The molecule has 0 bridgehead atoms. The molecular formula is C23H22N4O2S. The maximum Gasteiger partial charge on any atom is 0.412 e. The van der Waals surface area contributed by atoms with E-state index in [9.17, 15) is 4.79 Å². The maximum atomic E-state index is 12.1. The number of benzene rings is 1. The van der Waals surface area contributed by atoms with E-state index in [1.165, 1.54) is 0 Å². The number of carbonyl (C=O) groups is 1. The van der Waals surface area contributed by atoms with Crippen molar-refractivity contribution in [3.8, 4) is 22.3 Å². The number of thiophene rings is 1. The van der Waals surface area contributed by atoms with Crippen LogP contribution in [0.3, 0.4) is 0 Å². The van der Waals surface area contributed by atoms with Crippen molar-refractivity contribution < 1.29 is 9.53 Å². The van der Waals surface area contributed by atoms with Crippen molar-refractivity contribution in [3.63, 3.8) is 0 Å². The molecule has 7 heteroatoms. The van der Waals surface area contributed by atoms with E-state index < -0.39 is 11.7 Å². The van der Waals surface area contributed by atoms with Crippen molar-refractivity contribution >= 4 is 39.0 Å². The van der Waals surface area contributed by atoms with Gasteiger partial charge in [-0.1, -0.05) is 18.2 Å². The molecule has 152 valence electrons. The van der Waals surface area contributed by atoms with E-state index in [0.717, 1.165) is 32.3 Å². The van der Waals surface area contributed by atoms with Crippen LogP contribution in [0.4, 0.5) is 16.3 Å². The second kappa shape index (κ2) is 7.76. The number of nitrogens with one attached hydrogen (secondary N) is 1.